The zero-order valence-electron chi connectivity index (χ0n) is 12.0. The first-order valence-electron chi connectivity index (χ1n) is 6.55. The lowest BCUT2D eigenvalue weighted by Gasteiger charge is -2.21. The molecule has 0 spiro atoms. The highest BCUT2D eigenvalue weighted by Crippen LogP contribution is 2.30. The summed E-state index contributed by atoms with van der Waals surface area (Å²) in [5.74, 6) is 0. The van der Waals surface area contributed by atoms with Gasteiger partial charge in [-0.1, -0.05) is 29.4 Å². The number of aromatic nitrogens is 1. The van der Waals surface area contributed by atoms with Gasteiger partial charge in [0.05, 0.1) is 0 Å². The molecule has 106 valence electrons. The monoisotopic (exact) mass is 306 g/mol. The molecule has 0 atom stereocenters. The van der Waals surface area contributed by atoms with Gasteiger partial charge in [-0.05, 0) is 50.6 Å². The van der Waals surface area contributed by atoms with Crippen LogP contribution in [-0.4, -0.2) is 10.5 Å². The van der Waals surface area contributed by atoms with Gasteiger partial charge in [0, 0.05) is 39.3 Å². The van der Waals surface area contributed by atoms with E-state index < -0.39 is 0 Å². The van der Waals surface area contributed by atoms with Gasteiger partial charge in [0.25, 0.3) is 0 Å². The molecule has 1 N–H and O–H groups in total. The number of hydrogen-bond acceptors (Lipinski definition) is 3. The van der Waals surface area contributed by atoms with E-state index in [1.807, 2.05) is 18.2 Å². The topological polar surface area (TPSA) is 24.9 Å². The van der Waals surface area contributed by atoms with Gasteiger partial charge in [-0.2, -0.15) is 0 Å². The second-order valence-electron chi connectivity index (χ2n) is 5.64. The van der Waals surface area contributed by atoms with Crippen LogP contribution in [0.15, 0.2) is 52.5 Å². The second-order valence-corrected chi connectivity index (χ2v) is 7.20. The number of nitrogens with zero attached hydrogens (tertiary/aromatic N) is 1. The van der Waals surface area contributed by atoms with Crippen molar-refractivity contribution in [2.24, 2.45) is 0 Å². The predicted molar refractivity (Wildman–Crippen MR) is 86.4 cm³/mol. The predicted octanol–water partition coefficient (Wildman–Crippen LogP) is 4.77. The zero-order chi connectivity index (χ0) is 14.6. The summed E-state index contributed by atoms with van der Waals surface area (Å²) in [6.07, 6.45) is 3.59. The average molecular weight is 307 g/mol. The molecule has 2 aromatic rings. The van der Waals surface area contributed by atoms with E-state index in [9.17, 15) is 0 Å². The minimum atomic E-state index is 0.0911. The van der Waals surface area contributed by atoms with Gasteiger partial charge in [-0.3, -0.25) is 4.98 Å². The molecule has 0 bridgehead atoms. The fraction of sp³-hybridized carbons (Fsp3) is 0.312. The molecule has 1 aromatic carbocycles. The Morgan fingerprint density at radius 3 is 2.40 bits per heavy atom. The molecule has 2 rings (SSSR count). The van der Waals surface area contributed by atoms with Gasteiger partial charge in [0.1, 0.15) is 0 Å². The fourth-order valence-electron chi connectivity index (χ4n) is 1.64. The quantitative estimate of drug-likeness (QED) is 0.880. The number of rotatable bonds is 4. The lowest BCUT2D eigenvalue weighted by atomic mass is 10.1. The first kappa shape index (κ1) is 15.4. The normalized spacial score (nSPS) is 11.6. The van der Waals surface area contributed by atoms with Gasteiger partial charge >= 0.3 is 0 Å². The molecular formula is C16H19ClN2S. The van der Waals surface area contributed by atoms with Crippen LogP contribution in [0.4, 0.5) is 0 Å². The van der Waals surface area contributed by atoms with E-state index in [1.54, 1.807) is 24.2 Å². The lowest BCUT2D eigenvalue weighted by molar-refractivity contribution is 0.424. The van der Waals surface area contributed by atoms with Crippen LogP contribution in [0.3, 0.4) is 0 Å². The number of hydrogen-bond donors (Lipinski definition) is 1. The number of nitrogens with one attached hydrogen (secondary N) is 1. The average Bonchev–Trinajstić information content (AvgIpc) is 2.38. The van der Waals surface area contributed by atoms with Crippen molar-refractivity contribution in [3.8, 4) is 0 Å². The van der Waals surface area contributed by atoms with Crippen LogP contribution in [0, 0.1) is 0 Å². The molecule has 0 fully saturated rings. The van der Waals surface area contributed by atoms with Gasteiger partial charge in [-0.15, -0.1) is 0 Å². The molecule has 1 aromatic heterocycles. The summed E-state index contributed by atoms with van der Waals surface area (Å²) in [5, 5.41) is 4.25. The third-order valence-electron chi connectivity index (χ3n) is 2.72. The van der Waals surface area contributed by atoms with Crippen LogP contribution in [0.5, 0.6) is 0 Å². The fourth-order valence-corrected chi connectivity index (χ4v) is 2.79. The molecule has 20 heavy (non-hydrogen) atoms. The van der Waals surface area contributed by atoms with Crippen molar-refractivity contribution in [2.45, 2.75) is 42.6 Å². The molecule has 0 aliphatic rings. The Hall–Kier alpha value is -1.03. The summed E-state index contributed by atoms with van der Waals surface area (Å²) >= 11 is 8.05. The van der Waals surface area contributed by atoms with Gasteiger partial charge in [-0.25, -0.2) is 0 Å². The standard InChI is InChI=1S/C16H19ClN2S/c1-16(2,3)19-11-12-4-5-14(10-15(12)17)20-13-6-8-18-9-7-13/h4-10,19H,11H2,1-3H3. The molecule has 0 saturated heterocycles. The van der Waals surface area contributed by atoms with Gasteiger partial charge in [0.2, 0.25) is 0 Å². The maximum Gasteiger partial charge on any atom is 0.0462 e. The SMILES string of the molecule is CC(C)(C)NCc1ccc(Sc2ccncc2)cc1Cl. The summed E-state index contributed by atoms with van der Waals surface area (Å²) in [7, 11) is 0. The first-order chi connectivity index (χ1) is 9.44. The molecule has 2 nitrogen and oxygen atoms in total. The highest BCUT2D eigenvalue weighted by Gasteiger charge is 2.10. The maximum absolute atomic E-state index is 6.36. The van der Waals surface area contributed by atoms with E-state index in [-0.39, 0.29) is 5.54 Å². The van der Waals surface area contributed by atoms with E-state index in [4.69, 9.17) is 11.6 Å². The summed E-state index contributed by atoms with van der Waals surface area (Å²) in [4.78, 5) is 6.32. The summed E-state index contributed by atoms with van der Waals surface area (Å²) in [6.45, 7) is 7.22. The molecule has 0 aliphatic heterocycles. The van der Waals surface area contributed by atoms with E-state index in [0.717, 1.165) is 26.9 Å². The summed E-state index contributed by atoms with van der Waals surface area (Å²) in [5.41, 5.74) is 1.22. The summed E-state index contributed by atoms with van der Waals surface area (Å²) < 4.78 is 0. The van der Waals surface area contributed by atoms with Crippen LogP contribution in [-0.2, 0) is 6.54 Å². The van der Waals surface area contributed by atoms with Crippen LogP contribution in [0.2, 0.25) is 5.02 Å². The van der Waals surface area contributed by atoms with E-state index in [0.29, 0.717) is 0 Å². The van der Waals surface area contributed by atoms with Crippen molar-refractivity contribution in [2.75, 3.05) is 0 Å². The Balaban J connectivity index is 2.06. The Kier molecular flexibility index (Phi) is 5.08. The molecule has 1 heterocycles. The molecular weight excluding hydrogens is 288 g/mol. The Labute approximate surface area is 130 Å². The van der Waals surface area contributed by atoms with Crippen molar-refractivity contribution in [3.63, 3.8) is 0 Å². The molecule has 0 unspecified atom stereocenters. The van der Waals surface area contributed by atoms with Crippen LogP contribution in [0.1, 0.15) is 26.3 Å². The largest absolute Gasteiger partial charge is 0.308 e. The number of pyridine rings is 1. The molecule has 0 radical (unpaired) electrons. The second kappa shape index (κ2) is 6.61. The van der Waals surface area contributed by atoms with Gasteiger partial charge < -0.3 is 5.32 Å². The maximum atomic E-state index is 6.36. The van der Waals surface area contributed by atoms with E-state index >= 15 is 0 Å². The minimum absolute atomic E-state index is 0.0911. The minimum Gasteiger partial charge on any atom is -0.308 e. The third kappa shape index (κ3) is 4.82. The lowest BCUT2D eigenvalue weighted by Crippen LogP contribution is -2.35. The van der Waals surface area contributed by atoms with Gasteiger partial charge in [0.15, 0.2) is 0 Å². The van der Waals surface area contributed by atoms with Crippen LogP contribution >= 0.6 is 23.4 Å². The zero-order valence-corrected chi connectivity index (χ0v) is 13.6. The Morgan fingerprint density at radius 2 is 1.80 bits per heavy atom. The van der Waals surface area contributed by atoms with Crippen LogP contribution in [0.25, 0.3) is 0 Å². The van der Waals surface area contributed by atoms with Crippen molar-refractivity contribution in [1.82, 2.24) is 10.3 Å². The van der Waals surface area contributed by atoms with Crippen molar-refractivity contribution >= 4 is 23.4 Å². The molecule has 0 saturated carbocycles. The first-order valence-corrected chi connectivity index (χ1v) is 7.75. The number of halogens is 1. The molecule has 4 heteroatoms. The third-order valence-corrected chi connectivity index (χ3v) is 4.07. The van der Waals surface area contributed by atoms with E-state index in [1.165, 1.54) is 0 Å². The van der Waals surface area contributed by atoms with Crippen molar-refractivity contribution in [3.05, 3.63) is 53.3 Å². The number of benzene rings is 1. The van der Waals surface area contributed by atoms with E-state index in [2.05, 4.69) is 43.2 Å². The van der Waals surface area contributed by atoms with Crippen molar-refractivity contribution < 1.29 is 0 Å². The smallest absolute Gasteiger partial charge is 0.0462 e. The molecule has 0 amide bonds. The Bertz CT molecular complexity index is 564. The highest BCUT2D eigenvalue weighted by molar-refractivity contribution is 7.99. The highest BCUT2D eigenvalue weighted by atomic mass is 35.5. The van der Waals surface area contributed by atoms with Crippen molar-refractivity contribution in [1.29, 1.82) is 0 Å². The van der Waals surface area contributed by atoms with Crippen LogP contribution < -0.4 is 5.32 Å². The summed E-state index contributed by atoms with van der Waals surface area (Å²) in [6, 6.07) is 10.2. The molecule has 0 aliphatic carbocycles. The Morgan fingerprint density at radius 1 is 1.10 bits per heavy atom.